The van der Waals surface area contributed by atoms with Crippen LogP contribution in [0.1, 0.15) is 10.5 Å². The molecule has 0 bridgehead atoms. The highest BCUT2D eigenvalue weighted by Crippen LogP contribution is 2.29. The molecule has 0 aliphatic carbocycles. The molecule has 1 aliphatic heterocycles. The van der Waals surface area contributed by atoms with Gasteiger partial charge >= 0.3 is 5.69 Å². The molecular weight excluding hydrogens is 344 g/mol. The summed E-state index contributed by atoms with van der Waals surface area (Å²) in [5.74, 6) is -0.251. The van der Waals surface area contributed by atoms with Crippen molar-refractivity contribution in [2.24, 2.45) is 0 Å². The maximum Gasteiger partial charge on any atom is 0.331 e. The summed E-state index contributed by atoms with van der Waals surface area (Å²) in [6, 6.07) is 15.8. The SMILES string of the molecule is O=C(c1[nH]c(=O)n(-c2ccccc2O)c1-c1ccccc1)N1CCNCC1. The predicted octanol–water partition coefficient (Wildman–Crippen LogP) is 1.58. The number of hydrogen-bond acceptors (Lipinski definition) is 4. The number of carbonyl (C=O) groups excluding carboxylic acids is 1. The highest BCUT2D eigenvalue weighted by atomic mass is 16.3. The first-order chi connectivity index (χ1) is 13.2. The number of benzene rings is 2. The van der Waals surface area contributed by atoms with Gasteiger partial charge in [-0.15, -0.1) is 0 Å². The monoisotopic (exact) mass is 364 g/mol. The molecule has 0 unspecified atom stereocenters. The molecule has 0 spiro atoms. The van der Waals surface area contributed by atoms with Crippen LogP contribution in [0.3, 0.4) is 0 Å². The number of amides is 1. The van der Waals surface area contributed by atoms with Gasteiger partial charge < -0.3 is 20.3 Å². The molecule has 1 aromatic heterocycles. The smallest absolute Gasteiger partial charge is 0.331 e. The fourth-order valence-corrected chi connectivity index (χ4v) is 3.37. The van der Waals surface area contributed by atoms with Crippen molar-refractivity contribution < 1.29 is 9.90 Å². The minimum absolute atomic E-state index is 0.0306. The van der Waals surface area contributed by atoms with E-state index in [2.05, 4.69) is 10.3 Å². The number of rotatable bonds is 3. The second-order valence-electron chi connectivity index (χ2n) is 6.39. The maximum atomic E-state index is 13.1. The number of aromatic nitrogens is 2. The van der Waals surface area contributed by atoms with Crippen LogP contribution in [-0.4, -0.2) is 51.6 Å². The van der Waals surface area contributed by atoms with E-state index < -0.39 is 5.69 Å². The average molecular weight is 364 g/mol. The number of hydrogen-bond donors (Lipinski definition) is 3. The molecule has 0 radical (unpaired) electrons. The highest BCUT2D eigenvalue weighted by Gasteiger charge is 2.27. The van der Waals surface area contributed by atoms with Gasteiger partial charge in [0.25, 0.3) is 5.91 Å². The largest absolute Gasteiger partial charge is 0.506 e. The Hall–Kier alpha value is -3.32. The minimum Gasteiger partial charge on any atom is -0.506 e. The Morgan fingerprint density at radius 2 is 1.63 bits per heavy atom. The molecule has 0 saturated carbocycles. The minimum atomic E-state index is -0.464. The van der Waals surface area contributed by atoms with E-state index in [-0.39, 0.29) is 17.4 Å². The Labute approximate surface area is 155 Å². The molecule has 1 amide bonds. The maximum absolute atomic E-state index is 13.1. The number of phenolic OH excluding ortho intramolecular Hbond substituents is 1. The van der Waals surface area contributed by atoms with Crippen molar-refractivity contribution in [1.29, 1.82) is 0 Å². The Balaban J connectivity index is 1.93. The molecule has 4 rings (SSSR count). The number of aromatic hydroxyl groups is 1. The average Bonchev–Trinajstić information content (AvgIpc) is 3.06. The second-order valence-corrected chi connectivity index (χ2v) is 6.39. The van der Waals surface area contributed by atoms with E-state index in [1.807, 2.05) is 30.3 Å². The van der Waals surface area contributed by atoms with Crippen LogP contribution in [0.15, 0.2) is 59.4 Å². The second kappa shape index (κ2) is 7.13. The molecule has 2 heterocycles. The lowest BCUT2D eigenvalue weighted by Gasteiger charge is -2.27. The van der Waals surface area contributed by atoms with Crippen molar-refractivity contribution in [2.45, 2.75) is 0 Å². The summed E-state index contributed by atoms with van der Waals surface area (Å²) in [6.07, 6.45) is 0. The van der Waals surface area contributed by atoms with Crippen LogP contribution >= 0.6 is 0 Å². The number of piperazine rings is 1. The van der Waals surface area contributed by atoms with Crippen LogP contribution in [0, 0.1) is 0 Å². The Morgan fingerprint density at radius 1 is 0.963 bits per heavy atom. The molecule has 138 valence electrons. The normalized spacial score (nSPS) is 14.3. The van der Waals surface area contributed by atoms with Crippen molar-refractivity contribution in [3.63, 3.8) is 0 Å². The summed E-state index contributed by atoms with van der Waals surface area (Å²) in [5.41, 5.74) is 1.27. The number of H-pyrrole nitrogens is 1. The topological polar surface area (TPSA) is 90.4 Å². The first-order valence-corrected chi connectivity index (χ1v) is 8.85. The zero-order valence-electron chi connectivity index (χ0n) is 14.7. The van der Waals surface area contributed by atoms with E-state index in [1.165, 1.54) is 10.6 Å². The van der Waals surface area contributed by atoms with Gasteiger partial charge in [0.15, 0.2) is 0 Å². The van der Waals surface area contributed by atoms with Crippen LogP contribution in [0.2, 0.25) is 0 Å². The molecule has 0 atom stereocenters. The summed E-state index contributed by atoms with van der Waals surface area (Å²) >= 11 is 0. The number of nitrogens with one attached hydrogen (secondary N) is 2. The van der Waals surface area contributed by atoms with Crippen molar-refractivity contribution in [1.82, 2.24) is 19.8 Å². The van der Waals surface area contributed by atoms with Crippen molar-refractivity contribution >= 4 is 5.91 Å². The van der Waals surface area contributed by atoms with Crippen molar-refractivity contribution in [2.75, 3.05) is 26.2 Å². The van der Waals surface area contributed by atoms with Gasteiger partial charge in [0, 0.05) is 31.7 Å². The lowest BCUT2D eigenvalue weighted by atomic mass is 10.1. The summed E-state index contributed by atoms with van der Waals surface area (Å²) < 4.78 is 1.36. The molecule has 7 nitrogen and oxygen atoms in total. The summed E-state index contributed by atoms with van der Waals surface area (Å²) in [6.45, 7) is 2.60. The van der Waals surface area contributed by atoms with Crippen LogP contribution in [0.5, 0.6) is 5.75 Å². The highest BCUT2D eigenvalue weighted by molar-refractivity contribution is 5.98. The lowest BCUT2D eigenvalue weighted by Crippen LogP contribution is -2.46. The number of imidazole rings is 1. The molecule has 3 N–H and O–H groups in total. The molecule has 1 saturated heterocycles. The van der Waals surface area contributed by atoms with Gasteiger partial charge in [0.1, 0.15) is 11.4 Å². The van der Waals surface area contributed by atoms with Gasteiger partial charge in [-0.25, -0.2) is 4.79 Å². The third-order valence-corrected chi connectivity index (χ3v) is 4.68. The summed E-state index contributed by atoms with van der Waals surface area (Å²) in [5, 5.41) is 13.5. The first kappa shape index (κ1) is 17.1. The van der Waals surface area contributed by atoms with Crippen LogP contribution in [0.25, 0.3) is 16.9 Å². The van der Waals surface area contributed by atoms with Gasteiger partial charge in [-0.1, -0.05) is 42.5 Å². The Kier molecular flexibility index (Phi) is 4.52. The molecule has 1 fully saturated rings. The van der Waals surface area contributed by atoms with Gasteiger partial charge in [-0.2, -0.15) is 0 Å². The number of phenols is 1. The number of nitrogens with zero attached hydrogens (tertiary/aromatic N) is 2. The van der Waals surface area contributed by atoms with E-state index >= 15 is 0 Å². The molecule has 1 aliphatic rings. The van der Waals surface area contributed by atoms with E-state index in [9.17, 15) is 14.7 Å². The van der Waals surface area contributed by atoms with Crippen LogP contribution in [0.4, 0.5) is 0 Å². The van der Waals surface area contributed by atoms with Crippen molar-refractivity contribution in [3.8, 4) is 22.7 Å². The fourth-order valence-electron chi connectivity index (χ4n) is 3.37. The predicted molar refractivity (Wildman–Crippen MR) is 102 cm³/mol. The number of para-hydroxylation sites is 2. The summed E-state index contributed by atoms with van der Waals surface area (Å²) in [4.78, 5) is 30.4. The third-order valence-electron chi connectivity index (χ3n) is 4.68. The zero-order valence-corrected chi connectivity index (χ0v) is 14.7. The third kappa shape index (κ3) is 3.13. The van der Waals surface area contributed by atoms with Gasteiger partial charge in [-0.05, 0) is 12.1 Å². The first-order valence-electron chi connectivity index (χ1n) is 8.85. The zero-order chi connectivity index (χ0) is 18.8. The van der Waals surface area contributed by atoms with E-state index in [1.54, 1.807) is 23.1 Å². The molecule has 7 heteroatoms. The quantitative estimate of drug-likeness (QED) is 0.658. The van der Waals surface area contributed by atoms with E-state index in [4.69, 9.17) is 0 Å². The van der Waals surface area contributed by atoms with Gasteiger partial charge in [-0.3, -0.25) is 9.36 Å². The van der Waals surface area contributed by atoms with Crippen LogP contribution in [-0.2, 0) is 0 Å². The van der Waals surface area contributed by atoms with Gasteiger partial charge in [0.2, 0.25) is 0 Å². The molecule has 27 heavy (non-hydrogen) atoms. The fraction of sp³-hybridized carbons (Fsp3) is 0.200. The Morgan fingerprint density at radius 3 is 2.33 bits per heavy atom. The summed E-state index contributed by atoms with van der Waals surface area (Å²) in [7, 11) is 0. The Bertz CT molecular complexity index is 1020. The number of carbonyl (C=O) groups is 1. The standard InChI is InChI=1S/C20H20N4O3/c25-16-9-5-4-8-15(16)24-18(14-6-2-1-3-7-14)17(22-20(24)27)19(26)23-12-10-21-11-13-23/h1-9,21,25H,10-13H2,(H,22,27). The molecule has 2 aromatic carbocycles. The van der Waals surface area contributed by atoms with E-state index in [0.717, 1.165) is 18.7 Å². The van der Waals surface area contributed by atoms with E-state index in [0.29, 0.717) is 24.5 Å². The van der Waals surface area contributed by atoms with Gasteiger partial charge in [0.05, 0.1) is 11.4 Å². The molecule has 3 aromatic rings. The van der Waals surface area contributed by atoms with Crippen molar-refractivity contribution in [3.05, 3.63) is 70.8 Å². The molecular formula is C20H20N4O3. The lowest BCUT2D eigenvalue weighted by molar-refractivity contribution is 0.0731. The number of aromatic amines is 1. The van der Waals surface area contributed by atoms with Crippen LogP contribution < -0.4 is 11.0 Å².